The molecule has 0 aromatic heterocycles. The zero-order valence-corrected chi connectivity index (χ0v) is 14.5. The van der Waals surface area contributed by atoms with Crippen molar-refractivity contribution in [2.45, 2.75) is 39.0 Å². The van der Waals surface area contributed by atoms with Crippen molar-refractivity contribution in [1.82, 2.24) is 0 Å². The van der Waals surface area contributed by atoms with E-state index in [0.29, 0.717) is 12.0 Å². The van der Waals surface area contributed by atoms with E-state index in [-0.39, 0.29) is 11.8 Å². The fraction of sp³-hybridized carbons (Fsp3) is 0.333. The second-order valence-corrected chi connectivity index (χ2v) is 6.80. The fourth-order valence-corrected chi connectivity index (χ4v) is 3.82. The third kappa shape index (κ3) is 2.93. The highest BCUT2D eigenvalue weighted by Gasteiger charge is 2.29. The first-order valence-corrected chi connectivity index (χ1v) is 9.02. The monoisotopic (exact) mass is 334 g/mol. The van der Waals surface area contributed by atoms with Crippen LogP contribution in [0.4, 0.5) is 11.4 Å². The molecule has 0 unspecified atom stereocenters. The highest BCUT2D eigenvalue weighted by molar-refractivity contribution is 6.05. The number of aryl methyl sites for hydroxylation is 3. The van der Waals surface area contributed by atoms with Crippen LogP contribution in [0.25, 0.3) is 0 Å². The van der Waals surface area contributed by atoms with Gasteiger partial charge in [-0.3, -0.25) is 9.59 Å². The van der Waals surface area contributed by atoms with Crippen LogP contribution in [0.1, 0.15) is 46.8 Å². The minimum Gasteiger partial charge on any atom is -0.322 e. The van der Waals surface area contributed by atoms with E-state index < -0.39 is 0 Å². The molecule has 0 radical (unpaired) electrons. The van der Waals surface area contributed by atoms with E-state index >= 15 is 0 Å². The summed E-state index contributed by atoms with van der Waals surface area (Å²) in [5.41, 5.74) is 6.16. The van der Waals surface area contributed by atoms with Gasteiger partial charge in [-0.05, 0) is 66.6 Å². The summed E-state index contributed by atoms with van der Waals surface area (Å²) in [4.78, 5) is 26.6. The lowest BCUT2D eigenvalue weighted by molar-refractivity contribution is -0.119. The molecule has 2 aromatic carbocycles. The minimum atomic E-state index is -0.0886. The summed E-state index contributed by atoms with van der Waals surface area (Å²) in [6.07, 6.45) is 4.22. The molecule has 1 N–H and O–H groups in total. The minimum absolute atomic E-state index is 0.0886. The summed E-state index contributed by atoms with van der Waals surface area (Å²) in [5, 5.41) is 3.03. The van der Waals surface area contributed by atoms with E-state index in [1.165, 1.54) is 16.7 Å². The molecule has 25 heavy (non-hydrogen) atoms. The second-order valence-electron chi connectivity index (χ2n) is 6.80. The number of nitrogens with one attached hydrogen (secondary N) is 1. The summed E-state index contributed by atoms with van der Waals surface area (Å²) in [5.74, 6) is 0.135. The van der Waals surface area contributed by atoms with Gasteiger partial charge in [0.1, 0.15) is 0 Å². The summed E-state index contributed by atoms with van der Waals surface area (Å²) in [7, 11) is 0. The molecule has 0 saturated heterocycles. The zero-order valence-electron chi connectivity index (χ0n) is 14.5. The number of amides is 2. The van der Waals surface area contributed by atoms with Gasteiger partial charge < -0.3 is 10.2 Å². The van der Waals surface area contributed by atoms with Gasteiger partial charge in [-0.2, -0.15) is 0 Å². The van der Waals surface area contributed by atoms with Crippen LogP contribution in [0, 0.1) is 0 Å². The maximum absolute atomic E-state index is 12.5. The lowest BCUT2D eigenvalue weighted by Crippen LogP contribution is -2.39. The summed E-state index contributed by atoms with van der Waals surface area (Å²) >= 11 is 0. The molecule has 2 heterocycles. The predicted octanol–water partition coefficient (Wildman–Crippen LogP) is 3.73. The molecule has 0 fully saturated rings. The molecule has 0 spiro atoms. The number of carbonyl (C=O) groups excluding carboxylic acids is 2. The van der Waals surface area contributed by atoms with Gasteiger partial charge in [0.2, 0.25) is 5.91 Å². The Balaban J connectivity index is 1.61. The SMILES string of the molecule is CCc1ccc(C(=O)Nc2cc3c4c(c2)CCC(=O)N4CCC3)cc1. The number of nitrogens with zero attached hydrogens (tertiary/aromatic N) is 1. The topological polar surface area (TPSA) is 49.4 Å². The molecule has 128 valence electrons. The van der Waals surface area contributed by atoms with Crippen LogP contribution < -0.4 is 10.2 Å². The van der Waals surface area contributed by atoms with Crippen molar-refractivity contribution < 1.29 is 9.59 Å². The Bertz CT molecular complexity index is 822. The number of rotatable bonds is 3. The summed E-state index contributed by atoms with van der Waals surface area (Å²) < 4.78 is 0. The van der Waals surface area contributed by atoms with E-state index in [4.69, 9.17) is 0 Å². The number of hydrogen-bond donors (Lipinski definition) is 1. The average Bonchev–Trinajstić information content (AvgIpc) is 2.64. The van der Waals surface area contributed by atoms with Gasteiger partial charge in [0.05, 0.1) is 5.69 Å². The molecule has 2 aromatic rings. The summed E-state index contributed by atoms with van der Waals surface area (Å²) in [6.45, 7) is 2.91. The number of benzene rings is 2. The van der Waals surface area contributed by atoms with E-state index in [9.17, 15) is 9.59 Å². The third-order valence-corrected chi connectivity index (χ3v) is 5.16. The van der Waals surface area contributed by atoms with Crippen LogP contribution in [0.2, 0.25) is 0 Å². The Morgan fingerprint density at radius 1 is 1.08 bits per heavy atom. The Kier molecular flexibility index (Phi) is 4.04. The van der Waals surface area contributed by atoms with E-state index in [1.807, 2.05) is 41.3 Å². The first-order chi connectivity index (χ1) is 12.2. The molecule has 2 amide bonds. The van der Waals surface area contributed by atoms with Crippen LogP contribution in [-0.2, 0) is 24.1 Å². The Morgan fingerprint density at radius 3 is 2.52 bits per heavy atom. The molecule has 0 atom stereocenters. The van der Waals surface area contributed by atoms with Crippen molar-refractivity contribution in [2.24, 2.45) is 0 Å². The van der Waals surface area contributed by atoms with Crippen LogP contribution in [0.3, 0.4) is 0 Å². The Morgan fingerprint density at radius 2 is 1.80 bits per heavy atom. The fourth-order valence-electron chi connectivity index (χ4n) is 3.82. The molecule has 0 saturated carbocycles. The molecule has 2 aliphatic heterocycles. The lowest BCUT2D eigenvalue weighted by atomic mass is 9.91. The number of carbonyl (C=O) groups is 2. The van der Waals surface area contributed by atoms with Crippen molar-refractivity contribution in [3.63, 3.8) is 0 Å². The van der Waals surface area contributed by atoms with Crippen LogP contribution in [0.5, 0.6) is 0 Å². The van der Waals surface area contributed by atoms with Gasteiger partial charge in [0, 0.05) is 24.2 Å². The number of hydrogen-bond acceptors (Lipinski definition) is 2. The lowest BCUT2D eigenvalue weighted by Gasteiger charge is -2.35. The molecular weight excluding hydrogens is 312 g/mol. The maximum atomic E-state index is 12.5. The maximum Gasteiger partial charge on any atom is 0.255 e. The Labute approximate surface area is 147 Å². The quantitative estimate of drug-likeness (QED) is 0.930. The molecule has 2 aliphatic rings. The molecule has 4 heteroatoms. The van der Waals surface area contributed by atoms with Crippen molar-refractivity contribution >= 4 is 23.2 Å². The smallest absolute Gasteiger partial charge is 0.255 e. The highest BCUT2D eigenvalue weighted by Crippen LogP contribution is 2.37. The van der Waals surface area contributed by atoms with Gasteiger partial charge in [-0.1, -0.05) is 19.1 Å². The molecule has 0 aliphatic carbocycles. The largest absolute Gasteiger partial charge is 0.322 e. The standard InChI is InChI=1S/C21H22N2O2/c1-2-14-5-7-15(8-6-14)21(25)22-18-12-16-4-3-11-23-19(24)10-9-17(13-18)20(16)23/h5-8,12-13H,2-4,9-11H2,1H3,(H,22,25). The van der Waals surface area contributed by atoms with Gasteiger partial charge in [-0.15, -0.1) is 0 Å². The van der Waals surface area contributed by atoms with Gasteiger partial charge in [0.25, 0.3) is 5.91 Å². The molecule has 4 rings (SSSR count). The normalized spacial score (nSPS) is 15.7. The van der Waals surface area contributed by atoms with Crippen molar-refractivity contribution in [3.05, 3.63) is 58.7 Å². The number of anilines is 2. The van der Waals surface area contributed by atoms with Gasteiger partial charge in [-0.25, -0.2) is 0 Å². The van der Waals surface area contributed by atoms with E-state index in [1.54, 1.807) is 0 Å². The first kappa shape index (κ1) is 15.9. The van der Waals surface area contributed by atoms with Crippen molar-refractivity contribution in [1.29, 1.82) is 0 Å². The predicted molar refractivity (Wildman–Crippen MR) is 99.2 cm³/mol. The van der Waals surface area contributed by atoms with Crippen molar-refractivity contribution in [3.8, 4) is 0 Å². The molecule has 0 bridgehead atoms. The average molecular weight is 334 g/mol. The highest BCUT2D eigenvalue weighted by atomic mass is 16.2. The van der Waals surface area contributed by atoms with Gasteiger partial charge >= 0.3 is 0 Å². The zero-order chi connectivity index (χ0) is 17.4. The van der Waals surface area contributed by atoms with Crippen LogP contribution in [0.15, 0.2) is 36.4 Å². The van der Waals surface area contributed by atoms with Crippen LogP contribution >= 0.6 is 0 Å². The van der Waals surface area contributed by atoms with E-state index in [0.717, 1.165) is 43.6 Å². The van der Waals surface area contributed by atoms with Crippen LogP contribution in [-0.4, -0.2) is 18.4 Å². The molecular formula is C21H22N2O2. The van der Waals surface area contributed by atoms with Crippen molar-refractivity contribution in [2.75, 3.05) is 16.8 Å². The third-order valence-electron chi connectivity index (χ3n) is 5.16. The first-order valence-electron chi connectivity index (χ1n) is 9.02. The summed E-state index contributed by atoms with van der Waals surface area (Å²) in [6, 6.07) is 11.8. The Hall–Kier alpha value is -2.62. The van der Waals surface area contributed by atoms with Gasteiger partial charge in [0.15, 0.2) is 0 Å². The van der Waals surface area contributed by atoms with E-state index in [2.05, 4.69) is 12.2 Å². The second kappa shape index (κ2) is 6.36. The molecule has 4 nitrogen and oxygen atoms in total.